The summed E-state index contributed by atoms with van der Waals surface area (Å²) in [5.74, 6) is -0.165. The fourth-order valence-electron chi connectivity index (χ4n) is 5.12. The lowest BCUT2D eigenvalue weighted by Gasteiger charge is -2.39. The van der Waals surface area contributed by atoms with Gasteiger partial charge in [-0.1, -0.05) is 42.0 Å². The molecule has 3 aliphatic heterocycles. The van der Waals surface area contributed by atoms with Gasteiger partial charge in [0.25, 0.3) is 0 Å². The van der Waals surface area contributed by atoms with Gasteiger partial charge in [0.05, 0.1) is 10.7 Å². The molecule has 1 saturated heterocycles. The zero-order valence-electron chi connectivity index (χ0n) is 18.2. The van der Waals surface area contributed by atoms with Gasteiger partial charge in [0.2, 0.25) is 0 Å². The van der Waals surface area contributed by atoms with E-state index in [2.05, 4.69) is 33.3 Å². The van der Waals surface area contributed by atoms with Crippen molar-refractivity contribution in [3.8, 4) is 0 Å². The van der Waals surface area contributed by atoms with Crippen LogP contribution in [0.4, 0.5) is 10.1 Å². The number of allylic oxidation sites excluding steroid dienone is 4. The van der Waals surface area contributed by atoms with Gasteiger partial charge in [-0.3, -0.25) is 0 Å². The number of likely N-dealkylation sites (tertiary alicyclic amines) is 1. The van der Waals surface area contributed by atoms with E-state index in [0.29, 0.717) is 6.04 Å². The third-order valence-electron chi connectivity index (χ3n) is 6.84. The normalized spacial score (nSPS) is 18.9. The molecule has 3 heterocycles. The Hall–Kier alpha value is -2.56. The van der Waals surface area contributed by atoms with Gasteiger partial charge in [0, 0.05) is 49.7 Å². The summed E-state index contributed by atoms with van der Waals surface area (Å²) in [6.45, 7) is 4.28. The van der Waals surface area contributed by atoms with Crippen LogP contribution in [0.25, 0.3) is 5.70 Å². The van der Waals surface area contributed by atoms with E-state index in [1.54, 1.807) is 12.1 Å². The van der Waals surface area contributed by atoms with Gasteiger partial charge in [-0.15, -0.1) is 0 Å². The molecular weight excluding hydrogens is 421 g/mol. The van der Waals surface area contributed by atoms with Gasteiger partial charge in [-0.25, -0.2) is 4.39 Å². The number of fused-ring (bicyclic) bond motifs is 1. The molecule has 0 aliphatic carbocycles. The van der Waals surface area contributed by atoms with Crippen molar-refractivity contribution < 1.29 is 4.39 Å². The van der Waals surface area contributed by atoms with Crippen LogP contribution < -0.4 is 10.2 Å². The molecule has 0 aromatic heterocycles. The van der Waals surface area contributed by atoms with E-state index in [9.17, 15) is 4.39 Å². The van der Waals surface area contributed by atoms with Crippen molar-refractivity contribution in [2.75, 3.05) is 31.1 Å². The maximum atomic E-state index is 13.1. The first-order valence-corrected chi connectivity index (χ1v) is 11.9. The molecule has 0 bridgehead atoms. The van der Waals surface area contributed by atoms with Gasteiger partial charge in [0.15, 0.2) is 0 Å². The molecule has 0 radical (unpaired) electrons. The smallest absolute Gasteiger partial charge is 0.123 e. The summed E-state index contributed by atoms with van der Waals surface area (Å²) in [6.07, 6.45) is 14.5. The average Bonchev–Trinajstić information content (AvgIpc) is 3.05. The van der Waals surface area contributed by atoms with Crippen molar-refractivity contribution >= 4 is 23.0 Å². The van der Waals surface area contributed by atoms with Crippen molar-refractivity contribution in [3.63, 3.8) is 0 Å². The summed E-state index contributed by atoms with van der Waals surface area (Å²) in [6, 6.07) is 11.7. The summed E-state index contributed by atoms with van der Waals surface area (Å²) >= 11 is 6.74. The minimum absolute atomic E-state index is 0.165. The van der Waals surface area contributed by atoms with Crippen LogP contribution in [-0.4, -0.2) is 37.1 Å². The summed E-state index contributed by atoms with van der Waals surface area (Å²) in [5.41, 5.74) is 6.08. The van der Waals surface area contributed by atoms with Crippen molar-refractivity contribution in [1.82, 2.24) is 10.2 Å². The standard InChI is InChI=1S/C27H29ClFN3/c28-24-10-7-21-12-19-32(27(21)26(24)25-4-2-1-3-15-30-25)23-13-17-31(18-14-23)16-11-20-5-8-22(29)9-6-20/h1-10,15,23,30H,11-14,16-19H2. The molecule has 2 aromatic carbocycles. The van der Waals surface area contributed by atoms with Gasteiger partial charge in [-0.2, -0.15) is 0 Å². The monoisotopic (exact) mass is 449 g/mol. The largest absolute Gasteiger partial charge is 0.367 e. The molecule has 0 unspecified atom stereocenters. The zero-order chi connectivity index (χ0) is 21.9. The van der Waals surface area contributed by atoms with Crippen LogP contribution in [0.2, 0.25) is 5.02 Å². The van der Waals surface area contributed by atoms with E-state index >= 15 is 0 Å². The Morgan fingerprint density at radius 2 is 1.78 bits per heavy atom. The topological polar surface area (TPSA) is 18.5 Å². The second-order valence-corrected chi connectivity index (χ2v) is 9.20. The molecule has 0 saturated carbocycles. The number of halogens is 2. The van der Waals surface area contributed by atoms with E-state index in [0.717, 1.165) is 68.1 Å². The third kappa shape index (κ3) is 4.48. The first-order valence-electron chi connectivity index (χ1n) is 11.5. The van der Waals surface area contributed by atoms with Crippen LogP contribution in [0.15, 0.2) is 66.9 Å². The van der Waals surface area contributed by atoms with Crippen molar-refractivity contribution in [2.45, 2.75) is 31.7 Å². The van der Waals surface area contributed by atoms with E-state index in [4.69, 9.17) is 11.6 Å². The molecule has 2 aromatic rings. The van der Waals surface area contributed by atoms with Gasteiger partial charge in [-0.05, 0) is 67.2 Å². The Labute approximate surface area is 194 Å². The van der Waals surface area contributed by atoms with Crippen LogP contribution in [0.3, 0.4) is 0 Å². The zero-order valence-corrected chi connectivity index (χ0v) is 19.0. The first kappa shape index (κ1) is 21.3. The molecular formula is C27H29ClFN3. The average molecular weight is 450 g/mol. The molecule has 3 nitrogen and oxygen atoms in total. The minimum Gasteiger partial charge on any atom is -0.367 e. The SMILES string of the molecule is Fc1ccc(CCN2CCC(N3CCc4ccc(Cl)c(C5=CC=CC=CN5)c43)CC2)cc1. The molecule has 5 heteroatoms. The summed E-state index contributed by atoms with van der Waals surface area (Å²) in [4.78, 5) is 5.15. The van der Waals surface area contributed by atoms with Crippen LogP contribution >= 0.6 is 11.6 Å². The second-order valence-electron chi connectivity index (χ2n) is 8.79. The van der Waals surface area contributed by atoms with Crippen LogP contribution in [0, 0.1) is 5.82 Å². The van der Waals surface area contributed by atoms with Gasteiger partial charge >= 0.3 is 0 Å². The highest BCUT2D eigenvalue weighted by atomic mass is 35.5. The molecule has 5 rings (SSSR count). The summed E-state index contributed by atoms with van der Waals surface area (Å²) < 4.78 is 13.1. The van der Waals surface area contributed by atoms with Crippen molar-refractivity contribution in [2.24, 2.45) is 0 Å². The van der Waals surface area contributed by atoms with Crippen LogP contribution in [-0.2, 0) is 12.8 Å². The number of nitrogens with zero attached hydrogens (tertiary/aromatic N) is 2. The maximum Gasteiger partial charge on any atom is 0.123 e. The molecule has 1 fully saturated rings. The molecule has 166 valence electrons. The number of piperidine rings is 1. The van der Waals surface area contributed by atoms with E-state index in [1.807, 2.05) is 36.6 Å². The number of rotatable bonds is 5. The molecule has 32 heavy (non-hydrogen) atoms. The maximum absolute atomic E-state index is 13.1. The number of anilines is 1. The second kappa shape index (κ2) is 9.51. The quantitative estimate of drug-likeness (QED) is 0.644. The first-order chi connectivity index (χ1) is 15.7. The van der Waals surface area contributed by atoms with Crippen LogP contribution in [0.5, 0.6) is 0 Å². The lowest BCUT2D eigenvalue weighted by molar-refractivity contribution is 0.212. The Kier molecular flexibility index (Phi) is 6.33. The number of benzene rings is 2. The highest BCUT2D eigenvalue weighted by Crippen LogP contribution is 2.42. The van der Waals surface area contributed by atoms with E-state index in [-0.39, 0.29) is 5.82 Å². The predicted octanol–water partition coefficient (Wildman–Crippen LogP) is 5.56. The number of hydrogen-bond donors (Lipinski definition) is 1. The molecule has 3 aliphatic rings. The molecule has 1 N–H and O–H groups in total. The van der Waals surface area contributed by atoms with Gasteiger partial charge in [0.1, 0.15) is 5.82 Å². The Morgan fingerprint density at radius 3 is 2.59 bits per heavy atom. The Bertz CT molecular complexity index is 1050. The van der Waals surface area contributed by atoms with Gasteiger partial charge < -0.3 is 15.1 Å². The number of nitrogens with one attached hydrogen (secondary N) is 1. The Morgan fingerprint density at radius 1 is 0.969 bits per heavy atom. The lowest BCUT2D eigenvalue weighted by atomic mass is 9.99. The summed E-state index contributed by atoms with van der Waals surface area (Å²) in [7, 11) is 0. The highest BCUT2D eigenvalue weighted by Gasteiger charge is 2.32. The molecule has 0 amide bonds. The van der Waals surface area contributed by atoms with Crippen molar-refractivity contribution in [3.05, 3.63) is 94.4 Å². The fraction of sp³-hybridized carbons (Fsp3) is 0.333. The number of hydrogen-bond acceptors (Lipinski definition) is 3. The predicted molar refractivity (Wildman–Crippen MR) is 131 cm³/mol. The molecule has 0 spiro atoms. The highest BCUT2D eigenvalue weighted by molar-refractivity contribution is 6.33. The fourth-order valence-corrected chi connectivity index (χ4v) is 5.37. The Balaban J connectivity index is 1.28. The summed E-state index contributed by atoms with van der Waals surface area (Å²) in [5, 5.41) is 4.21. The minimum atomic E-state index is -0.165. The van der Waals surface area contributed by atoms with Crippen LogP contribution in [0.1, 0.15) is 29.5 Å². The third-order valence-corrected chi connectivity index (χ3v) is 7.15. The van der Waals surface area contributed by atoms with E-state index in [1.165, 1.54) is 16.8 Å². The lowest BCUT2D eigenvalue weighted by Crippen LogP contribution is -2.45. The van der Waals surface area contributed by atoms with E-state index < -0.39 is 0 Å². The molecule has 0 atom stereocenters. The van der Waals surface area contributed by atoms with Crippen molar-refractivity contribution in [1.29, 1.82) is 0 Å².